The predicted octanol–water partition coefficient (Wildman–Crippen LogP) is 5.28. The van der Waals surface area contributed by atoms with Gasteiger partial charge in [0.25, 0.3) is 0 Å². The van der Waals surface area contributed by atoms with Gasteiger partial charge in [-0.1, -0.05) is 6.07 Å². The minimum Gasteiger partial charge on any atom is -0.466 e. The Morgan fingerprint density at radius 1 is 1.05 bits per heavy atom. The number of aryl methyl sites for hydroxylation is 2. The number of aromatic nitrogens is 3. The number of hydrogen-bond donors (Lipinski definition) is 0. The van der Waals surface area contributed by atoms with Crippen LogP contribution in [-0.4, -0.2) is 71.4 Å². The van der Waals surface area contributed by atoms with Gasteiger partial charge < -0.3 is 24.0 Å². The van der Waals surface area contributed by atoms with Crippen molar-refractivity contribution in [3.8, 4) is 17.0 Å². The van der Waals surface area contributed by atoms with Gasteiger partial charge in [0.1, 0.15) is 16.9 Å². The molecule has 0 aliphatic carbocycles. The number of nitrogens with zero attached hydrogens (tertiary/aromatic N) is 5. The van der Waals surface area contributed by atoms with Gasteiger partial charge in [-0.15, -0.1) is 0 Å². The molecule has 1 fully saturated rings. The van der Waals surface area contributed by atoms with Gasteiger partial charge in [0.05, 0.1) is 11.2 Å². The smallest absolute Gasteiger partial charge is 0.410 e. The Bertz CT molecular complexity index is 1540. The SMILES string of the molecule is COCOc1c(-c2ccc3cc(N4CCN(C(=O)OC(C)(C)C)CC4)cc(F)c3n2)cc2cn(C)nc2c1C. The average Bonchev–Trinajstić information content (AvgIpc) is 3.27. The van der Waals surface area contributed by atoms with E-state index < -0.39 is 11.4 Å². The molecule has 0 N–H and O–H groups in total. The summed E-state index contributed by atoms with van der Waals surface area (Å²) in [6.45, 7) is 9.75. The number of amides is 1. The van der Waals surface area contributed by atoms with Crippen LogP contribution in [0.15, 0.2) is 36.5 Å². The average molecular weight is 536 g/mol. The van der Waals surface area contributed by atoms with Crippen molar-refractivity contribution in [3.05, 3.63) is 47.9 Å². The van der Waals surface area contributed by atoms with Gasteiger partial charge in [0, 0.05) is 74.1 Å². The fraction of sp³-hybridized carbons (Fsp3) is 0.414. The fourth-order valence-corrected chi connectivity index (χ4v) is 4.91. The van der Waals surface area contributed by atoms with Crippen molar-refractivity contribution in [3.63, 3.8) is 0 Å². The number of benzene rings is 2. The summed E-state index contributed by atoms with van der Waals surface area (Å²) in [5.74, 6) is 0.201. The Labute approximate surface area is 227 Å². The third kappa shape index (κ3) is 5.47. The highest BCUT2D eigenvalue weighted by Gasteiger charge is 2.26. The molecule has 0 radical (unpaired) electrons. The Morgan fingerprint density at radius 2 is 1.79 bits per heavy atom. The number of carbonyl (C=O) groups excluding carboxylic acids is 1. The first-order valence-electron chi connectivity index (χ1n) is 13.0. The third-order valence-electron chi connectivity index (χ3n) is 6.72. The topological polar surface area (TPSA) is 82.0 Å². The molecule has 0 unspecified atom stereocenters. The number of carbonyl (C=O) groups is 1. The molecule has 0 bridgehead atoms. The van der Waals surface area contributed by atoms with Crippen molar-refractivity contribution in [1.82, 2.24) is 19.7 Å². The Kier molecular flexibility index (Phi) is 7.07. The van der Waals surface area contributed by atoms with Crippen molar-refractivity contribution < 1.29 is 23.4 Å². The summed E-state index contributed by atoms with van der Waals surface area (Å²) >= 11 is 0. The summed E-state index contributed by atoms with van der Waals surface area (Å²) < 4.78 is 33.8. The largest absolute Gasteiger partial charge is 0.466 e. The summed E-state index contributed by atoms with van der Waals surface area (Å²) in [6.07, 6.45) is 1.61. The maximum Gasteiger partial charge on any atom is 0.410 e. The molecule has 39 heavy (non-hydrogen) atoms. The monoisotopic (exact) mass is 535 g/mol. The summed E-state index contributed by atoms with van der Waals surface area (Å²) in [7, 11) is 3.43. The van der Waals surface area contributed by atoms with Gasteiger partial charge >= 0.3 is 6.09 Å². The number of halogens is 1. The van der Waals surface area contributed by atoms with E-state index in [0.717, 1.165) is 27.7 Å². The zero-order valence-corrected chi connectivity index (χ0v) is 23.2. The highest BCUT2D eigenvalue weighted by atomic mass is 19.1. The van der Waals surface area contributed by atoms with Gasteiger partial charge in [0.2, 0.25) is 0 Å². The van der Waals surface area contributed by atoms with Gasteiger partial charge in [-0.2, -0.15) is 5.10 Å². The second-order valence-corrected chi connectivity index (χ2v) is 10.8. The first-order valence-corrected chi connectivity index (χ1v) is 13.0. The molecule has 4 aromatic rings. The minimum atomic E-state index is -0.541. The highest BCUT2D eigenvalue weighted by Crippen LogP contribution is 2.38. The Morgan fingerprint density at radius 3 is 2.49 bits per heavy atom. The Hall–Kier alpha value is -3.92. The molecule has 5 rings (SSSR count). The molecule has 206 valence electrons. The van der Waals surface area contributed by atoms with Crippen LogP contribution >= 0.6 is 0 Å². The first kappa shape index (κ1) is 26.7. The summed E-state index contributed by atoms with van der Waals surface area (Å²) in [6, 6.07) is 9.17. The lowest BCUT2D eigenvalue weighted by Gasteiger charge is -2.36. The molecule has 10 heteroatoms. The van der Waals surface area contributed by atoms with E-state index in [4.69, 9.17) is 19.2 Å². The minimum absolute atomic E-state index is 0.0681. The van der Waals surface area contributed by atoms with Crippen molar-refractivity contribution in [2.75, 3.05) is 45.0 Å². The molecule has 1 amide bonds. The molecule has 0 atom stereocenters. The zero-order valence-electron chi connectivity index (χ0n) is 23.2. The molecule has 9 nitrogen and oxygen atoms in total. The van der Waals surface area contributed by atoms with E-state index in [-0.39, 0.29) is 18.4 Å². The van der Waals surface area contributed by atoms with Crippen LogP contribution in [0.5, 0.6) is 5.75 Å². The molecule has 3 heterocycles. The quantitative estimate of drug-likeness (QED) is 0.322. The van der Waals surface area contributed by atoms with E-state index in [2.05, 4.69) is 10.00 Å². The van der Waals surface area contributed by atoms with Crippen molar-refractivity contribution in [1.29, 1.82) is 0 Å². The standard InChI is InChI=1S/C29H34FN5O4/c1-18-25-20(16-33(5)32-25)14-22(27(18)38-17-37-6)24-8-7-19-13-21(15-23(30)26(19)31-24)34-9-11-35(12-10-34)28(36)39-29(2,3)4/h7-8,13-16H,9-12,17H2,1-6H3. The number of fused-ring (bicyclic) bond motifs is 2. The van der Waals surface area contributed by atoms with Crippen LogP contribution in [0.3, 0.4) is 0 Å². The maximum atomic E-state index is 15.5. The van der Waals surface area contributed by atoms with Crippen LogP contribution in [0.1, 0.15) is 26.3 Å². The summed E-state index contributed by atoms with van der Waals surface area (Å²) in [5, 5.41) is 6.19. The van der Waals surface area contributed by atoms with Crippen LogP contribution in [0.25, 0.3) is 33.1 Å². The van der Waals surface area contributed by atoms with Gasteiger partial charge in [-0.3, -0.25) is 4.68 Å². The van der Waals surface area contributed by atoms with Gasteiger partial charge in [0.15, 0.2) is 12.6 Å². The molecule has 1 aliphatic rings. The van der Waals surface area contributed by atoms with Crippen molar-refractivity contribution >= 4 is 33.6 Å². The maximum absolute atomic E-state index is 15.5. The third-order valence-corrected chi connectivity index (χ3v) is 6.72. The number of methoxy groups -OCH3 is 1. The van der Waals surface area contributed by atoms with Crippen LogP contribution in [0.2, 0.25) is 0 Å². The number of pyridine rings is 1. The lowest BCUT2D eigenvalue weighted by Crippen LogP contribution is -2.50. The number of hydrogen-bond acceptors (Lipinski definition) is 7. The summed E-state index contributed by atoms with van der Waals surface area (Å²) in [5.41, 5.74) is 3.54. The predicted molar refractivity (Wildman–Crippen MR) is 149 cm³/mol. The van der Waals surface area contributed by atoms with E-state index in [0.29, 0.717) is 43.0 Å². The lowest BCUT2D eigenvalue weighted by atomic mass is 10.0. The zero-order chi connectivity index (χ0) is 27.9. The van der Waals surface area contributed by atoms with Gasteiger partial charge in [-0.25, -0.2) is 14.2 Å². The molecule has 1 saturated heterocycles. The molecule has 0 spiro atoms. The fourth-order valence-electron chi connectivity index (χ4n) is 4.91. The van der Waals surface area contributed by atoms with Crippen LogP contribution in [-0.2, 0) is 16.5 Å². The van der Waals surface area contributed by atoms with E-state index in [1.807, 2.05) is 65.2 Å². The van der Waals surface area contributed by atoms with Crippen LogP contribution in [0, 0.1) is 12.7 Å². The van der Waals surface area contributed by atoms with Gasteiger partial charge in [-0.05, 0) is 52.0 Å². The van der Waals surface area contributed by atoms with Crippen LogP contribution in [0.4, 0.5) is 14.9 Å². The van der Waals surface area contributed by atoms with E-state index >= 15 is 4.39 Å². The van der Waals surface area contributed by atoms with Crippen molar-refractivity contribution in [2.45, 2.75) is 33.3 Å². The number of piperazine rings is 1. The Balaban J connectivity index is 1.44. The second kappa shape index (κ2) is 10.3. The molecule has 1 aliphatic heterocycles. The number of anilines is 1. The van der Waals surface area contributed by atoms with E-state index in [1.165, 1.54) is 6.07 Å². The molecule has 2 aromatic heterocycles. The first-order chi connectivity index (χ1) is 18.5. The van der Waals surface area contributed by atoms with E-state index in [9.17, 15) is 4.79 Å². The molecular weight excluding hydrogens is 501 g/mol. The lowest BCUT2D eigenvalue weighted by molar-refractivity contribution is 0.0240. The van der Waals surface area contributed by atoms with E-state index in [1.54, 1.807) is 16.7 Å². The molecule has 2 aromatic carbocycles. The highest BCUT2D eigenvalue weighted by molar-refractivity contribution is 5.92. The van der Waals surface area contributed by atoms with Crippen molar-refractivity contribution in [2.24, 2.45) is 7.05 Å². The second-order valence-electron chi connectivity index (χ2n) is 10.8. The molecule has 0 saturated carbocycles. The normalized spacial score (nSPS) is 14.3. The van der Waals surface area contributed by atoms with Crippen LogP contribution < -0.4 is 9.64 Å². The number of rotatable bonds is 5. The number of ether oxygens (including phenoxy) is 3. The molecular formula is C29H34FN5O4. The summed E-state index contributed by atoms with van der Waals surface area (Å²) in [4.78, 5) is 20.9.